The molecule has 0 aliphatic heterocycles. The predicted octanol–water partition coefficient (Wildman–Crippen LogP) is 5.09. The average Bonchev–Trinajstić information content (AvgIpc) is 2.54. The molecule has 126 valence electrons. The summed E-state index contributed by atoms with van der Waals surface area (Å²) in [6, 6.07) is 15.7. The Morgan fingerprint density at radius 1 is 0.920 bits per heavy atom. The molecule has 0 spiro atoms. The first-order valence-corrected chi connectivity index (χ1v) is 8.20. The molecule has 2 aromatic carbocycles. The van der Waals surface area contributed by atoms with Crippen molar-refractivity contribution in [2.24, 2.45) is 0 Å². The molecule has 3 aromatic rings. The topological polar surface area (TPSA) is 66.9 Å². The van der Waals surface area contributed by atoms with Crippen molar-refractivity contribution in [3.05, 3.63) is 76.0 Å². The van der Waals surface area contributed by atoms with Crippen LogP contribution in [0.25, 0.3) is 0 Å². The highest BCUT2D eigenvalue weighted by atomic mass is 35.5. The van der Waals surface area contributed by atoms with Crippen LogP contribution in [0.5, 0.6) is 0 Å². The third kappa shape index (κ3) is 4.68. The number of amides is 1. The zero-order chi connectivity index (χ0) is 17.8. The van der Waals surface area contributed by atoms with Gasteiger partial charge in [-0.3, -0.25) is 4.79 Å². The van der Waals surface area contributed by atoms with E-state index < -0.39 is 0 Å². The van der Waals surface area contributed by atoms with Crippen LogP contribution >= 0.6 is 23.2 Å². The Kier molecular flexibility index (Phi) is 5.16. The molecule has 2 N–H and O–H groups in total. The summed E-state index contributed by atoms with van der Waals surface area (Å²) in [5, 5.41) is 6.95. The van der Waals surface area contributed by atoms with Crippen molar-refractivity contribution in [2.45, 2.75) is 6.92 Å². The van der Waals surface area contributed by atoms with E-state index in [9.17, 15) is 4.79 Å². The Morgan fingerprint density at radius 3 is 2.24 bits per heavy atom. The second-order valence-corrected chi connectivity index (χ2v) is 6.19. The van der Waals surface area contributed by atoms with Gasteiger partial charge in [-0.05, 0) is 49.4 Å². The van der Waals surface area contributed by atoms with E-state index in [1.165, 1.54) is 0 Å². The first-order valence-electron chi connectivity index (χ1n) is 7.45. The SMILES string of the molecule is Cc1cc(C(=O)Nc2cccc(Cl)c2)nc(Nc2cccc(Cl)c2)n1. The number of rotatable bonds is 4. The summed E-state index contributed by atoms with van der Waals surface area (Å²) < 4.78 is 0. The molecule has 1 aromatic heterocycles. The average molecular weight is 373 g/mol. The Bertz CT molecular complexity index is 930. The van der Waals surface area contributed by atoms with Crippen LogP contribution in [-0.4, -0.2) is 15.9 Å². The van der Waals surface area contributed by atoms with Crippen LogP contribution in [0.3, 0.4) is 0 Å². The Balaban J connectivity index is 1.82. The number of halogens is 2. The molecule has 25 heavy (non-hydrogen) atoms. The van der Waals surface area contributed by atoms with Crippen LogP contribution in [-0.2, 0) is 0 Å². The Labute approximate surface area is 155 Å². The largest absolute Gasteiger partial charge is 0.324 e. The molecule has 7 heteroatoms. The fourth-order valence-electron chi connectivity index (χ4n) is 2.20. The summed E-state index contributed by atoms with van der Waals surface area (Å²) in [6.45, 7) is 1.79. The molecule has 3 rings (SSSR count). The third-order valence-corrected chi connectivity index (χ3v) is 3.72. The summed E-state index contributed by atoms with van der Waals surface area (Å²) in [5.41, 5.74) is 2.24. The van der Waals surface area contributed by atoms with Gasteiger partial charge in [0, 0.05) is 27.1 Å². The molecule has 1 heterocycles. The number of hydrogen-bond donors (Lipinski definition) is 2. The van der Waals surface area contributed by atoms with Crippen molar-refractivity contribution < 1.29 is 4.79 Å². The van der Waals surface area contributed by atoms with E-state index in [0.29, 0.717) is 27.4 Å². The van der Waals surface area contributed by atoms with E-state index in [4.69, 9.17) is 23.2 Å². The minimum Gasteiger partial charge on any atom is -0.324 e. The molecule has 0 bridgehead atoms. The van der Waals surface area contributed by atoms with E-state index in [0.717, 1.165) is 5.69 Å². The Morgan fingerprint density at radius 2 is 1.56 bits per heavy atom. The smallest absolute Gasteiger partial charge is 0.274 e. The number of anilines is 3. The summed E-state index contributed by atoms with van der Waals surface area (Å²) in [4.78, 5) is 21.0. The molecule has 0 unspecified atom stereocenters. The van der Waals surface area contributed by atoms with Crippen LogP contribution in [0, 0.1) is 6.92 Å². The number of benzene rings is 2. The maximum Gasteiger partial charge on any atom is 0.274 e. The van der Waals surface area contributed by atoms with Crippen LogP contribution in [0.15, 0.2) is 54.6 Å². The highest BCUT2D eigenvalue weighted by Gasteiger charge is 2.11. The van der Waals surface area contributed by atoms with Crippen molar-refractivity contribution in [1.29, 1.82) is 0 Å². The highest BCUT2D eigenvalue weighted by Crippen LogP contribution is 2.19. The monoisotopic (exact) mass is 372 g/mol. The van der Waals surface area contributed by atoms with Gasteiger partial charge in [0.05, 0.1) is 0 Å². The molecule has 0 atom stereocenters. The molecule has 0 saturated heterocycles. The Hall–Kier alpha value is -2.63. The van der Waals surface area contributed by atoms with Crippen LogP contribution < -0.4 is 10.6 Å². The summed E-state index contributed by atoms with van der Waals surface area (Å²) >= 11 is 11.9. The number of aryl methyl sites for hydroxylation is 1. The maximum atomic E-state index is 12.4. The van der Waals surface area contributed by atoms with Gasteiger partial charge in [-0.25, -0.2) is 9.97 Å². The van der Waals surface area contributed by atoms with Crippen molar-refractivity contribution in [3.8, 4) is 0 Å². The lowest BCUT2D eigenvalue weighted by Crippen LogP contribution is -2.15. The molecule has 1 amide bonds. The number of nitrogens with one attached hydrogen (secondary N) is 2. The summed E-state index contributed by atoms with van der Waals surface area (Å²) in [5.74, 6) is -0.0274. The van der Waals surface area contributed by atoms with Crippen molar-refractivity contribution >= 4 is 46.4 Å². The normalized spacial score (nSPS) is 10.4. The molecule has 0 aliphatic rings. The second-order valence-electron chi connectivity index (χ2n) is 5.32. The molecular formula is C18H14Cl2N4O. The maximum absolute atomic E-state index is 12.4. The molecule has 0 saturated carbocycles. The quantitative estimate of drug-likeness (QED) is 0.669. The van der Waals surface area contributed by atoms with E-state index >= 15 is 0 Å². The standard InChI is InChI=1S/C18H14Cl2N4O/c1-11-8-16(17(25)22-14-6-2-4-12(19)9-14)24-18(21-11)23-15-7-3-5-13(20)10-15/h2-10H,1H3,(H,22,25)(H,21,23,24). The first-order chi connectivity index (χ1) is 12.0. The van der Waals surface area contributed by atoms with Gasteiger partial charge >= 0.3 is 0 Å². The van der Waals surface area contributed by atoms with Gasteiger partial charge in [-0.2, -0.15) is 0 Å². The van der Waals surface area contributed by atoms with E-state index in [-0.39, 0.29) is 11.6 Å². The van der Waals surface area contributed by atoms with Crippen molar-refractivity contribution in [2.75, 3.05) is 10.6 Å². The zero-order valence-electron chi connectivity index (χ0n) is 13.3. The fraction of sp³-hybridized carbons (Fsp3) is 0.0556. The number of nitrogens with zero attached hydrogens (tertiary/aromatic N) is 2. The number of aromatic nitrogens is 2. The van der Waals surface area contributed by atoms with Gasteiger partial charge in [0.25, 0.3) is 5.91 Å². The van der Waals surface area contributed by atoms with Crippen molar-refractivity contribution in [3.63, 3.8) is 0 Å². The lowest BCUT2D eigenvalue weighted by molar-refractivity contribution is 0.102. The minimum absolute atomic E-state index is 0.247. The van der Waals surface area contributed by atoms with Gasteiger partial charge in [-0.15, -0.1) is 0 Å². The summed E-state index contributed by atoms with van der Waals surface area (Å²) in [7, 11) is 0. The molecule has 0 aliphatic carbocycles. The molecule has 0 radical (unpaired) electrons. The van der Waals surface area contributed by atoms with Gasteiger partial charge < -0.3 is 10.6 Å². The number of carbonyl (C=O) groups is 1. The summed E-state index contributed by atoms with van der Waals surface area (Å²) in [6.07, 6.45) is 0. The van der Waals surface area contributed by atoms with Crippen LogP contribution in [0.4, 0.5) is 17.3 Å². The molecule has 0 fully saturated rings. The van der Waals surface area contributed by atoms with Gasteiger partial charge in [0.1, 0.15) is 5.69 Å². The lowest BCUT2D eigenvalue weighted by Gasteiger charge is -2.09. The predicted molar refractivity (Wildman–Crippen MR) is 101 cm³/mol. The first kappa shape index (κ1) is 17.2. The van der Waals surface area contributed by atoms with Crippen LogP contribution in [0.1, 0.15) is 16.2 Å². The van der Waals surface area contributed by atoms with Gasteiger partial charge in [-0.1, -0.05) is 35.3 Å². The van der Waals surface area contributed by atoms with Crippen LogP contribution in [0.2, 0.25) is 10.0 Å². The van der Waals surface area contributed by atoms with E-state index in [1.807, 2.05) is 12.1 Å². The second kappa shape index (κ2) is 7.51. The fourth-order valence-corrected chi connectivity index (χ4v) is 2.58. The van der Waals surface area contributed by atoms with Gasteiger partial charge in [0.2, 0.25) is 5.95 Å². The van der Waals surface area contributed by atoms with E-state index in [2.05, 4.69) is 20.6 Å². The van der Waals surface area contributed by atoms with Crippen molar-refractivity contribution in [1.82, 2.24) is 9.97 Å². The third-order valence-electron chi connectivity index (χ3n) is 3.25. The highest BCUT2D eigenvalue weighted by molar-refractivity contribution is 6.31. The number of carbonyl (C=O) groups excluding carboxylic acids is 1. The zero-order valence-corrected chi connectivity index (χ0v) is 14.8. The minimum atomic E-state index is -0.345. The molecular weight excluding hydrogens is 359 g/mol. The lowest BCUT2D eigenvalue weighted by atomic mass is 10.3. The number of hydrogen-bond acceptors (Lipinski definition) is 4. The van der Waals surface area contributed by atoms with Gasteiger partial charge in [0.15, 0.2) is 0 Å². The van der Waals surface area contributed by atoms with E-state index in [1.54, 1.807) is 49.4 Å². The molecule has 5 nitrogen and oxygen atoms in total.